The van der Waals surface area contributed by atoms with Crippen LogP contribution < -0.4 is 16.4 Å². The van der Waals surface area contributed by atoms with Gasteiger partial charge in [0, 0.05) is 62.2 Å². The molecule has 0 aromatic rings. The van der Waals surface area contributed by atoms with Gasteiger partial charge in [0.15, 0.2) is 11.9 Å². The summed E-state index contributed by atoms with van der Waals surface area (Å²) < 4.78 is 16.9. The van der Waals surface area contributed by atoms with Crippen molar-refractivity contribution in [3.8, 4) is 11.8 Å². The van der Waals surface area contributed by atoms with Gasteiger partial charge < -0.3 is 40.8 Å². The van der Waals surface area contributed by atoms with Crippen molar-refractivity contribution >= 4 is 29.4 Å². The molecule has 6 aliphatic rings. The van der Waals surface area contributed by atoms with Gasteiger partial charge in [-0.15, -0.1) is 5.92 Å². The number of rotatable bonds is 10. The van der Waals surface area contributed by atoms with Crippen LogP contribution in [0, 0.1) is 52.3 Å². The first-order valence-electron chi connectivity index (χ1n) is 25.0. The van der Waals surface area contributed by atoms with E-state index in [2.05, 4.69) is 36.3 Å². The maximum absolute atomic E-state index is 14.2. The lowest BCUT2D eigenvalue weighted by atomic mass is 9.46. The number of hydrogen-bond acceptors (Lipinski definition) is 11. The van der Waals surface area contributed by atoms with E-state index >= 15 is 0 Å². The minimum absolute atomic E-state index is 0.103. The molecule has 2 amide bonds. The number of ketones is 3. The number of carbonyl (C=O) groups is 5. The predicted octanol–water partition coefficient (Wildman–Crippen LogP) is 7.57. The van der Waals surface area contributed by atoms with Crippen molar-refractivity contribution in [3.63, 3.8) is 0 Å². The van der Waals surface area contributed by atoms with E-state index in [0.29, 0.717) is 55.6 Å². The van der Waals surface area contributed by atoms with Crippen molar-refractivity contribution in [2.45, 2.75) is 168 Å². The number of hydrogen-bond donors (Lipinski definition) is 5. The molecule has 0 saturated heterocycles. The molecule has 0 spiro atoms. The molecule has 6 N–H and O–H groups in total. The molecule has 6 rings (SSSR count). The number of methoxy groups -OCH3 is 2. The maximum Gasteiger partial charge on any atom is 0.405 e. The second-order valence-corrected chi connectivity index (χ2v) is 21.1. The molecule has 13 nitrogen and oxygen atoms in total. The van der Waals surface area contributed by atoms with Gasteiger partial charge in [0.25, 0.3) is 5.91 Å². The van der Waals surface area contributed by atoms with E-state index in [1.165, 1.54) is 31.9 Å². The maximum atomic E-state index is 14.2. The van der Waals surface area contributed by atoms with E-state index in [1.807, 2.05) is 19.9 Å². The second-order valence-electron chi connectivity index (χ2n) is 21.1. The molecule has 2 bridgehead atoms. The summed E-state index contributed by atoms with van der Waals surface area (Å²) in [5.41, 5.74) is 6.84. The average Bonchev–Trinajstić information content (AvgIpc) is 3.56. The molecular weight excluding hydrogens is 863 g/mol. The van der Waals surface area contributed by atoms with Gasteiger partial charge >= 0.3 is 6.09 Å². The lowest BCUT2D eigenvalue weighted by Gasteiger charge is -2.58. The molecule has 0 aromatic heterocycles. The van der Waals surface area contributed by atoms with E-state index in [0.717, 1.165) is 64.2 Å². The van der Waals surface area contributed by atoms with Crippen LogP contribution >= 0.6 is 0 Å². The molecule has 5 aliphatic carbocycles. The van der Waals surface area contributed by atoms with Crippen LogP contribution in [-0.2, 0) is 33.4 Å². The molecule has 1 unspecified atom stereocenters. The quantitative estimate of drug-likeness (QED) is 0.0626. The number of allylic oxidation sites excluding steroid dienone is 5. The third kappa shape index (κ3) is 11.4. The van der Waals surface area contributed by atoms with Gasteiger partial charge in [-0.2, -0.15) is 0 Å². The molecule has 68 heavy (non-hydrogen) atoms. The fourth-order valence-electron chi connectivity index (χ4n) is 12.7. The number of fused-ring (bicyclic) bond motifs is 7. The number of carbonyl (C=O) groups excluding carboxylic acids is 5. The first kappa shape index (κ1) is 52.8. The van der Waals surface area contributed by atoms with Gasteiger partial charge in [-0.05, 0) is 125 Å². The number of nitrogens with two attached hydrogens (primary N) is 1. The van der Waals surface area contributed by atoms with E-state index in [4.69, 9.17) is 19.9 Å². The van der Waals surface area contributed by atoms with Gasteiger partial charge in [0.2, 0.25) is 11.6 Å². The molecule has 372 valence electrons. The molecule has 1 heterocycles. The zero-order chi connectivity index (χ0) is 49.6. The van der Waals surface area contributed by atoms with Crippen molar-refractivity contribution in [1.29, 1.82) is 0 Å². The van der Waals surface area contributed by atoms with Crippen LogP contribution in [0.2, 0.25) is 0 Å². The Morgan fingerprint density at radius 1 is 0.956 bits per heavy atom. The molecule has 1 aliphatic heterocycles. The molecule has 12 atom stereocenters. The molecule has 3 saturated carbocycles. The number of Topliss-reactive ketones (excluding diaryl/α,β-unsaturated/α-hetero) is 1. The Kier molecular flexibility index (Phi) is 17.4. The van der Waals surface area contributed by atoms with Crippen LogP contribution in [0.1, 0.15) is 138 Å². The van der Waals surface area contributed by atoms with E-state index < -0.39 is 59.5 Å². The zero-order valence-corrected chi connectivity index (χ0v) is 41.7. The molecule has 0 aromatic carbocycles. The van der Waals surface area contributed by atoms with Crippen LogP contribution in [0.25, 0.3) is 0 Å². The number of amides is 2. The lowest BCUT2D eigenvalue weighted by molar-refractivity contribution is -0.120. The summed E-state index contributed by atoms with van der Waals surface area (Å²) in [4.78, 5) is 65.5. The minimum Gasteiger partial charge on any atom is -0.439 e. The lowest BCUT2D eigenvalue weighted by Crippen LogP contribution is -2.54. The largest absolute Gasteiger partial charge is 0.439 e. The number of aliphatic hydroxyl groups is 2. The topological polar surface area (TPSA) is 204 Å². The van der Waals surface area contributed by atoms with Gasteiger partial charge in [-0.3, -0.25) is 19.2 Å². The first-order valence-corrected chi connectivity index (χ1v) is 25.0. The summed E-state index contributed by atoms with van der Waals surface area (Å²) in [5, 5.41) is 29.5. The number of nitrogens with one attached hydrogen (secondary N) is 2. The smallest absolute Gasteiger partial charge is 0.405 e. The fraction of sp³-hybridized carbons (Fsp3) is 0.655. The van der Waals surface area contributed by atoms with Crippen LogP contribution in [0.15, 0.2) is 70.1 Å². The fourth-order valence-corrected chi connectivity index (χ4v) is 12.7. The number of unbranched alkanes of at least 4 members (excludes halogenated alkanes) is 4. The van der Waals surface area contributed by atoms with Crippen molar-refractivity contribution in [1.82, 2.24) is 10.6 Å². The normalized spacial score (nSPS) is 37.9. The highest BCUT2D eigenvalue weighted by Gasteiger charge is 2.63. The number of aliphatic hydroxyl groups excluding tert-OH is 1. The van der Waals surface area contributed by atoms with Gasteiger partial charge in [-0.1, -0.05) is 76.3 Å². The van der Waals surface area contributed by atoms with Gasteiger partial charge in [0.05, 0.1) is 23.6 Å². The van der Waals surface area contributed by atoms with Crippen molar-refractivity contribution in [2.24, 2.45) is 46.2 Å². The minimum atomic E-state index is -1.00. The highest BCUT2D eigenvalue weighted by atomic mass is 16.6. The summed E-state index contributed by atoms with van der Waals surface area (Å²) in [6.07, 6.45) is 17.3. The Hall–Kier alpha value is -4.61. The van der Waals surface area contributed by atoms with Crippen molar-refractivity contribution < 1.29 is 48.4 Å². The van der Waals surface area contributed by atoms with Crippen LogP contribution in [0.3, 0.4) is 0 Å². The van der Waals surface area contributed by atoms with Gasteiger partial charge in [0.1, 0.15) is 11.7 Å². The predicted molar refractivity (Wildman–Crippen MR) is 260 cm³/mol. The van der Waals surface area contributed by atoms with Crippen LogP contribution in [0.5, 0.6) is 0 Å². The first-order chi connectivity index (χ1) is 32.3. The monoisotopic (exact) mass is 940 g/mol. The van der Waals surface area contributed by atoms with Crippen LogP contribution in [-0.4, -0.2) is 90.3 Å². The third-order valence-electron chi connectivity index (χ3n) is 16.7. The van der Waals surface area contributed by atoms with Crippen LogP contribution in [0.4, 0.5) is 4.79 Å². The number of ether oxygens (including phenoxy) is 3. The Labute approximate surface area is 403 Å². The highest BCUT2D eigenvalue weighted by Crippen LogP contribution is 2.67. The van der Waals surface area contributed by atoms with Crippen molar-refractivity contribution in [2.75, 3.05) is 20.8 Å². The standard InChI is InChI=1S/C55H77N3O10/c1-33-28-40-47(57-27-14-12-10-9-11-13-23-55(65)26-22-42-39-19-18-37-31-38(59)20-24-53(37,5)41(39)21-25-54(42,55)6)44(60)32-43(49(40)62)58-51(63)34(2)16-15-17-45(66-7)50(68-52(56)64)36(4)30-35(3)48(61)46(29-33)67-8/h15-17,30-33,35,39,41-42,45-46,48,50,57,61,65H,9-12,14,18-22,24-29H2,1-8H3,(H2,56,64)(H,58,63)/b17-15-,34-16+,36-30+/t33-,35+,39-,41+,42+,45?,46+,48-,50+,53+,54+,55+/m1/s1. The molecule has 13 heteroatoms. The Bertz CT molecular complexity index is 2210. The zero-order valence-electron chi connectivity index (χ0n) is 41.7. The summed E-state index contributed by atoms with van der Waals surface area (Å²) in [7, 11) is 2.95. The molecule has 3 fully saturated rings. The summed E-state index contributed by atoms with van der Waals surface area (Å²) >= 11 is 0. The third-order valence-corrected chi connectivity index (χ3v) is 16.7. The average molecular weight is 940 g/mol. The molecular formula is C55H77N3O10. The number of primary amides is 1. The Morgan fingerprint density at radius 3 is 2.41 bits per heavy atom. The van der Waals surface area contributed by atoms with Gasteiger partial charge in [-0.25, -0.2) is 4.79 Å². The summed E-state index contributed by atoms with van der Waals surface area (Å²) in [6.45, 7) is 12.2. The van der Waals surface area contributed by atoms with E-state index in [9.17, 15) is 34.2 Å². The summed E-state index contributed by atoms with van der Waals surface area (Å²) in [6, 6.07) is 0. The van der Waals surface area contributed by atoms with E-state index in [-0.39, 0.29) is 51.5 Å². The SMILES string of the molecule is COC1/C=C\C=C(/C)C(=O)NC2=CC(=O)C(NCCCCCCC#C[C@]3(O)CC[C@H]4[C@@H]5CCC6=CC(=O)CC[C@]6(C)[C@H]5CC[C@@]43C)=C(C[C@@H](C)C[C@H](OC)[C@H](O)[C@@H](C)/C=C(\C)[C@@H]1OC(N)=O)C2=O. The highest BCUT2D eigenvalue weighted by molar-refractivity contribution is 6.23. The molecule has 0 radical (unpaired) electrons. The Balaban J connectivity index is 1.07. The van der Waals surface area contributed by atoms with Crippen molar-refractivity contribution in [3.05, 3.63) is 70.1 Å². The second kappa shape index (κ2) is 22.4. The Morgan fingerprint density at radius 2 is 1.69 bits per heavy atom. The van der Waals surface area contributed by atoms with E-state index in [1.54, 1.807) is 32.1 Å². The summed E-state index contributed by atoms with van der Waals surface area (Å²) in [5.74, 6) is 6.46.